The molecule has 0 unspecified atom stereocenters. The molecule has 1 aromatic rings. The number of hydrogen-bond donors (Lipinski definition) is 1. The molecule has 1 saturated heterocycles. The van der Waals surface area contributed by atoms with Gasteiger partial charge < -0.3 is 15.2 Å². The molecule has 0 radical (unpaired) electrons. The molecule has 1 aromatic heterocycles. The average Bonchev–Trinajstić information content (AvgIpc) is 3.23. The predicted molar refractivity (Wildman–Crippen MR) is 81.5 cm³/mol. The van der Waals surface area contributed by atoms with E-state index in [4.69, 9.17) is 5.73 Å². The van der Waals surface area contributed by atoms with Crippen LogP contribution < -0.4 is 5.73 Å². The molecule has 0 amide bonds. The Morgan fingerprint density at radius 3 is 2.67 bits per heavy atom. The largest absolute Gasteiger partial charge is 0.346 e. The van der Waals surface area contributed by atoms with E-state index >= 15 is 0 Å². The van der Waals surface area contributed by atoms with Crippen LogP contribution in [0.5, 0.6) is 0 Å². The zero-order valence-corrected chi connectivity index (χ0v) is 13.3. The van der Waals surface area contributed by atoms with Gasteiger partial charge >= 0.3 is 0 Å². The number of hydrogen-bond acceptors (Lipinski definition) is 4. The minimum absolute atomic E-state index is 0.384. The van der Waals surface area contributed by atoms with Crippen molar-refractivity contribution < 1.29 is 8.42 Å². The monoisotopic (exact) mass is 312 g/mol. The Hall–Kier alpha value is -0.890. The molecule has 0 atom stereocenters. The highest BCUT2D eigenvalue weighted by Crippen LogP contribution is 2.37. The van der Waals surface area contributed by atoms with Crippen LogP contribution in [-0.4, -0.2) is 55.4 Å². The van der Waals surface area contributed by atoms with Crippen molar-refractivity contribution in [1.82, 2.24) is 13.8 Å². The van der Waals surface area contributed by atoms with Crippen LogP contribution in [0.1, 0.15) is 31.0 Å². The lowest BCUT2D eigenvalue weighted by Gasteiger charge is -2.19. The van der Waals surface area contributed by atoms with Gasteiger partial charge in [-0.3, -0.25) is 0 Å². The zero-order chi connectivity index (χ0) is 15.0. The van der Waals surface area contributed by atoms with Crippen LogP contribution >= 0.6 is 0 Å². The highest BCUT2D eigenvalue weighted by molar-refractivity contribution is 7.89. The van der Waals surface area contributed by atoms with E-state index < -0.39 is 10.0 Å². The summed E-state index contributed by atoms with van der Waals surface area (Å²) in [5, 5.41) is 0. The van der Waals surface area contributed by atoms with E-state index in [1.807, 2.05) is 7.05 Å². The van der Waals surface area contributed by atoms with Gasteiger partial charge in [-0.1, -0.05) is 0 Å². The van der Waals surface area contributed by atoms with Crippen molar-refractivity contribution in [1.29, 1.82) is 0 Å². The lowest BCUT2D eigenvalue weighted by atomic mass is 10.4. The Bertz CT molecular complexity index is 606. The Labute approximate surface area is 126 Å². The van der Waals surface area contributed by atoms with E-state index in [-0.39, 0.29) is 0 Å². The van der Waals surface area contributed by atoms with Gasteiger partial charge in [-0.2, -0.15) is 4.31 Å². The fourth-order valence-corrected chi connectivity index (χ4v) is 4.43. The molecule has 1 saturated carbocycles. The first-order valence-electron chi connectivity index (χ1n) is 7.62. The highest BCUT2D eigenvalue weighted by Gasteiger charge is 2.31. The lowest BCUT2D eigenvalue weighted by Crippen LogP contribution is -2.34. The van der Waals surface area contributed by atoms with Crippen LogP contribution in [0.2, 0.25) is 0 Å². The number of rotatable bonds is 4. The maximum Gasteiger partial charge on any atom is 0.244 e. The third-order valence-electron chi connectivity index (χ3n) is 4.37. The Morgan fingerprint density at radius 2 is 2.00 bits per heavy atom. The Kier molecular flexibility index (Phi) is 4.09. The predicted octanol–water partition coefficient (Wildman–Crippen LogP) is 0.608. The molecule has 7 heteroatoms. The van der Waals surface area contributed by atoms with Gasteiger partial charge in [0.25, 0.3) is 0 Å². The van der Waals surface area contributed by atoms with Gasteiger partial charge in [0, 0.05) is 44.1 Å². The SMILES string of the molecule is CN1CCCN(S(=O)(=O)c2cc(CN)n(C3CC3)c2)CC1. The molecule has 2 fully saturated rings. The number of aromatic nitrogens is 1. The summed E-state index contributed by atoms with van der Waals surface area (Å²) >= 11 is 0. The molecule has 0 aromatic carbocycles. The molecule has 2 N–H and O–H groups in total. The van der Waals surface area contributed by atoms with Crippen molar-refractivity contribution in [3.05, 3.63) is 18.0 Å². The minimum Gasteiger partial charge on any atom is -0.346 e. The van der Waals surface area contributed by atoms with E-state index in [2.05, 4.69) is 9.47 Å². The van der Waals surface area contributed by atoms with Gasteiger partial charge in [0.15, 0.2) is 0 Å². The van der Waals surface area contributed by atoms with Crippen LogP contribution in [0.3, 0.4) is 0 Å². The Balaban J connectivity index is 1.87. The number of nitrogens with zero attached hydrogens (tertiary/aromatic N) is 3. The van der Waals surface area contributed by atoms with E-state index in [0.29, 0.717) is 30.6 Å². The second-order valence-electron chi connectivity index (χ2n) is 6.07. The highest BCUT2D eigenvalue weighted by atomic mass is 32.2. The van der Waals surface area contributed by atoms with Gasteiger partial charge in [-0.15, -0.1) is 0 Å². The van der Waals surface area contributed by atoms with E-state index in [9.17, 15) is 8.42 Å². The average molecular weight is 312 g/mol. The van der Waals surface area contributed by atoms with Gasteiger partial charge in [0.1, 0.15) is 4.90 Å². The van der Waals surface area contributed by atoms with Crippen molar-refractivity contribution in [3.8, 4) is 0 Å². The quantitative estimate of drug-likeness (QED) is 0.884. The molecule has 1 aliphatic carbocycles. The molecular formula is C14H24N4O2S. The van der Waals surface area contributed by atoms with E-state index in [0.717, 1.165) is 38.0 Å². The Morgan fingerprint density at radius 1 is 1.24 bits per heavy atom. The molecule has 118 valence electrons. The molecule has 6 nitrogen and oxygen atoms in total. The van der Waals surface area contributed by atoms with Crippen molar-refractivity contribution >= 4 is 10.0 Å². The van der Waals surface area contributed by atoms with Crippen molar-refractivity contribution in [2.45, 2.75) is 36.7 Å². The summed E-state index contributed by atoms with van der Waals surface area (Å²) in [6.07, 6.45) is 4.90. The summed E-state index contributed by atoms with van der Waals surface area (Å²) in [6.45, 7) is 3.27. The third-order valence-corrected chi connectivity index (χ3v) is 6.24. The van der Waals surface area contributed by atoms with Crippen molar-refractivity contribution in [2.75, 3.05) is 33.2 Å². The maximum absolute atomic E-state index is 12.8. The first kappa shape index (κ1) is 15.0. The van der Waals surface area contributed by atoms with Gasteiger partial charge in [-0.25, -0.2) is 8.42 Å². The second kappa shape index (κ2) is 5.72. The molecule has 0 spiro atoms. The molecule has 21 heavy (non-hydrogen) atoms. The summed E-state index contributed by atoms with van der Waals surface area (Å²) in [7, 11) is -1.36. The van der Waals surface area contributed by atoms with Gasteiger partial charge in [-0.05, 0) is 38.9 Å². The molecule has 2 aliphatic rings. The van der Waals surface area contributed by atoms with Crippen molar-refractivity contribution in [2.24, 2.45) is 5.73 Å². The standard InChI is InChI=1S/C14H24N4O2S/c1-16-5-2-6-17(8-7-16)21(19,20)14-9-13(10-15)18(11-14)12-3-4-12/h9,11-12H,2-8,10,15H2,1H3. The molecule has 0 bridgehead atoms. The first-order valence-corrected chi connectivity index (χ1v) is 9.06. The van der Waals surface area contributed by atoms with Crippen LogP contribution in [-0.2, 0) is 16.6 Å². The fraction of sp³-hybridized carbons (Fsp3) is 0.714. The fourth-order valence-electron chi connectivity index (χ4n) is 2.91. The topological polar surface area (TPSA) is 71.6 Å². The number of sulfonamides is 1. The van der Waals surface area contributed by atoms with Crippen LogP contribution in [0, 0.1) is 0 Å². The first-order chi connectivity index (χ1) is 10.0. The molecule has 2 heterocycles. The smallest absolute Gasteiger partial charge is 0.244 e. The zero-order valence-electron chi connectivity index (χ0n) is 12.5. The van der Waals surface area contributed by atoms with E-state index in [1.165, 1.54) is 0 Å². The van der Waals surface area contributed by atoms with Gasteiger partial charge in [0.2, 0.25) is 10.0 Å². The summed E-state index contributed by atoms with van der Waals surface area (Å²) in [4.78, 5) is 2.58. The summed E-state index contributed by atoms with van der Waals surface area (Å²) in [5.74, 6) is 0. The summed E-state index contributed by atoms with van der Waals surface area (Å²) in [6, 6.07) is 2.20. The summed E-state index contributed by atoms with van der Waals surface area (Å²) in [5.41, 5.74) is 6.68. The van der Waals surface area contributed by atoms with Crippen molar-refractivity contribution in [3.63, 3.8) is 0 Å². The van der Waals surface area contributed by atoms with E-state index in [1.54, 1.807) is 16.6 Å². The van der Waals surface area contributed by atoms with Crippen LogP contribution in [0.4, 0.5) is 0 Å². The second-order valence-corrected chi connectivity index (χ2v) is 8.01. The number of likely N-dealkylation sites (N-methyl/N-ethyl adjacent to an activating group) is 1. The third kappa shape index (κ3) is 3.01. The molecule has 1 aliphatic heterocycles. The molecule has 3 rings (SSSR count). The van der Waals surface area contributed by atoms with Crippen LogP contribution in [0.25, 0.3) is 0 Å². The molecular weight excluding hydrogens is 288 g/mol. The normalized spacial score (nSPS) is 22.4. The summed E-state index contributed by atoms with van der Waals surface area (Å²) < 4.78 is 29.3. The minimum atomic E-state index is -3.40. The number of nitrogens with two attached hydrogens (primary N) is 1. The maximum atomic E-state index is 12.8. The van der Waals surface area contributed by atoms with Crippen LogP contribution in [0.15, 0.2) is 17.2 Å². The van der Waals surface area contributed by atoms with Gasteiger partial charge in [0.05, 0.1) is 0 Å². The lowest BCUT2D eigenvalue weighted by molar-refractivity contribution is 0.347.